The van der Waals surface area contributed by atoms with Crippen molar-refractivity contribution >= 4 is 35.1 Å². The normalized spacial score (nSPS) is 23.1. The van der Waals surface area contributed by atoms with Crippen LogP contribution in [0.4, 0.5) is 0 Å². The van der Waals surface area contributed by atoms with Crippen LogP contribution in [0.3, 0.4) is 0 Å². The van der Waals surface area contributed by atoms with Crippen molar-refractivity contribution in [2.45, 2.75) is 58.8 Å². The van der Waals surface area contributed by atoms with Gasteiger partial charge in [-0.15, -0.1) is 0 Å². The first-order chi connectivity index (χ1) is 19.4. The first kappa shape index (κ1) is 30.2. The highest BCUT2D eigenvalue weighted by Gasteiger charge is 2.57. The van der Waals surface area contributed by atoms with E-state index in [2.05, 4.69) is 13.8 Å². The largest absolute Gasteiger partial charge is 0.464 e. The fourth-order valence-corrected chi connectivity index (χ4v) is 5.16. The van der Waals surface area contributed by atoms with Crippen molar-refractivity contribution in [1.29, 1.82) is 0 Å². The number of Topliss-reactive ketones (excluding diaryl/α,β-unsaturated/α-hetero) is 2. The SMILES string of the molecule is CC[C@H](C)/C=C/C1=CC2=C(Cl)C(=O)[C@@]3(C)OC(=O)C(C(=O)[C@@H](C)[C@H](C)OC(=O)[C@@H](OC)c4ccccc4)=C3C2=CO1. The van der Waals surface area contributed by atoms with Crippen LogP contribution in [-0.2, 0) is 38.1 Å². The number of esters is 2. The molecule has 0 bridgehead atoms. The van der Waals surface area contributed by atoms with Crippen LogP contribution < -0.4 is 0 Å². The topological polar surface area (TPSA) is 105 Å². The molecule has 4 rings (SSSR count). The van der Waals surface area contributed by atoms with Gasteiger partial charge in [0.15, 0.2) is 17.5 Å². The molecular formula is C32H33ClO8. The summed E-state index contributed by atoms with van der Waals surface area (Å²) in [5, 5.41) is -0.122. The first-order valence-corrected chi connectivity index (χ1v) is 13.8. The number of rotatable bonds is 10. The number of ether oxygens (including phenoxy) is 4. The van der Waals surface area contributed by atoms with Crippen LogP contribution in [0, 0.1) is 11.8 Å². The Morgan fingerprint density at radius 3 is 2.44 bits per heavy atom. The maximum absolute atomic E-state index is 13.8. The molecule has 2 heterocycles. The Morgan fingerprint density at radius 1 is 1.12 bits per heavy atom. The third-order valence-corrected chi connectivity index (χ3v) is 8.08. The summed E-state index contributed by atoms with van der Waals surface area (Å²) in [7, 11) is 1.39. The van der Waals surface area contributed by atoms with Gasteiger partial charge in [-0.3, -0.25) is 9.59 Å². The molecule has 0 radical (unpaired) electrons. The van der Waals surface area contributed by atoms with Crippen LogP contribution in [-0.4, -0.2) is 42.3 Å². The Kier molecular flexibility index (Phi) is 8.85. The second-order valence-corrected chi connectivity index (χ2v) is 10.9. The Bertz CT molecular complexity index is 1430. The Morgan fingerprint density at radius 2 is 1.80 bits per heavy atom. The van der Waals surface area contributed by atoms with Gasteiger partial charge in [0.1, 0.15) is 17.4 Å². The van der Waals surface area contributed by atoms with Gasteiger partial charge < -0.3 is 18.9 Å². The van der Waals surface area contributed by atoms with E-state index >= 15 is 0 Å². The molecule has 0 spiro atoms. The molecule has 0 unspecified atom stereocenters. The predicted octanol–water partition coefficient (Wildman–Crippen LogP) is 5.60. The minimum atomic E-state index is -1.80. The minimum absolute atomic E-state index is 0.0857. The third-order valence-electron chi connectivity index (χ3n) is 7.71. The van der Waals surface area contributed by atoms with Gasteiger partial charge in [0, 0.05) is 23.8 Å². The molecule has 9 heteroatoms. The van der Waals surface area contributed by atoms with Crippen molar-refractivity contribution in [3.63, 3.8) is 0 Å². The Hall–Kier alpha value is -3.75. The number of ketones is 2. The van der Waals surface area contributed by atoms with Gasteiger partial charge in [0.25, 0.3) is 0 Å². The van der Waals surface area contributed by atoms with Crippen molar-refractivity contribution in [3.05, 3.63) is 93.5 Å². The quantitative estimate of drug-likeness (QED) is 0.260. The molecule has 0 saturated carbocycles. The number of methoxy groups -OCH3 is 1. The number of carbonyl (C=O) groups is 4. The van der Waals surface area contributed by atoms with Crippen LogP contribution in [0.5, 0.6) is 0 Å². The molecule has 3 aliphatic rings. The van der Waals surface area contributed by atoms with Gasteiger partial charge in [-0.1, -0.05) is 75.2 Å². The zero-order valence-corrected chi connectivity index (χ0v) is 24.6. The summed E-state index contributed by atoms with van der Waals surface area (Å²) >= 11 is 6.49. The zero-order valence-electron chi connectivity index (χ0n) is 23.9. The van der Waals surface area contributed by atoms with Crippen molar-refractivity contribution in [1.82, 2.24) is 0 Å². The predicted molar refractivity (Wildman–Crippen MR) is 151 cm³/mol. The number of carbonyl (C=O) groups excluding carboxylic acids is 4. The number of halogens is 1. The van der Waals surface area contributed by atoms with E-state index in [0.29, 0.717) is 28.4 Å². The van der Waals surface area contributed by atoms with Crippen molar-refractivity contribution in [3.8, 4) is 0 Å². The highest BCUT2D eigenvalue weighted by Crippen LogP contribution is 2.50. The molecule has 0 aromatic heterocycles. The summed E-state index contributed by atoms with van der Waals surface area (Å²) < 4.78 is 22.2. The van der Waals surface area contributed by atoms with Crippen LogP contribution in [0.25, 0.3) is 0 Å². The summed E-state index contributed by atoms with van der Waals surface area (Å²) in [6, 6.07) is 8.81. The monoisotopic (exact) mass is 580 g/mol. The molecule has 1 aromatic rings. The molecule has 0 amide bonds. The molecule has 1 aliphatic carbocycles. The van der Waals surface area contributed by atoms with Gasteiger partial charge in [-0.05, 0) is 37.5 Å². The molecule has 2 aliphatic heterocycles. The van der Waals surface area contributed by atoms with Crippen LogP contribution in [0.1, 0.15) is 52.7 Å². The maximum atomic E-state index is 13.8. The van der Waals surface area contributed by atoms with E-state index in [4.69, 9.17) is 30.5 Å². The van der Waals surface area contributed by atoms with Gasteiger partial charge in [0.2, 0.25) is 5.78 Å². The van der Waals surface area contributed by atoms with Gasteiger partial charge in [-0.25, -0.2) is 9.59 Å². The van der Waals surface area contributed by atoms with E-state index in [1.807, 2.05) is 12.1 Å². The van der Waals surface area contributed by atoms with E-state index in [-0.39, 0.29) is 16.2 Å². The van der Waals surface area contributed by atoms with Gasteiger partial charge >= 0.3 is 11.9 Å². The molecule has 41 heavy (non-hydrogen) atoms. The number of fused-ring (bicyclic) bond motifs is 3. The molecule has 5 atom stereocenters. The molecule has 0 N–H and O–H groups in total. The minimum Gasteiger partial charge on any atom is -0.464 e. The standard InChI is InChI=1S/C32H33ClO8/c1-7-17(2)13-14-21-15-22-23(16-39-21)25-24(30(36)41-32(25,5)29(35)26(22)33)27(34)18(3)19(4)40-31(37)28(38-6)20-11-9-8-10-12-20/h8-19,28H,7H2,1-6H3/b14-13+/t17-,18-,19-,28-,32-/m0/s1. The summed E-state index contributed by atoms with van der Waals surface area (Å²) in [4.78, 5) is 53.2. The molecule has 1 aromatic carbocycles. The molecular weight excluding hydrogens is 548 g/mol. The van der Waals surface area contributed by atoms with E-state index in [1.165, 1.54) is 20.3 Å². The lowest BCUT2D eigenvalue weighted by molar-refractivity contribution is -0.163. The Balaban J connectivity index is 1.65. The molecule has 8 nitrogen and oxygen atoms in total. The number of hydrogen-bond donors (Lipinski definition) is 0. The highest BCUT2D eigenvalue weighted by atomic mass is 35.5. The molecule has 216 valence electrons. The summed E-state index contributed by atoms with van der Waals surface area (Å²) in [6.45, 7) is 8.62. The number of hydrogen-bond acceptors (Lipinski definition) is 8. The van der Waals surface area contributed by atoms with Crippen molar-refractivity contribution in [2.24, 2.45) is 11.8 Å². The van der Waals surface area contributed by atoms with Gasteiger partial charge in [0.05, 0.1) is 17.2 Å². The third kappa shape index (κ3) is 5.59. The average Bonchev–Trinajstić information content (AvgIpc) is 3.25. The van der Waals surface area contributed by atoms with Gasteiger partial charge in [-0.2, -0.15) is 0 Å². The Labute approximate surface area is 244 Å². The maximum Gasteiger partial charge on any atom is 0.343 e. The fraction of sp³-hybridized carbons (Fsp3) is 0.375. The van der Waals surface area contributed by atoms with E-state index in [0.717, 1.165) is 6.42 Å². The molecule has 0 fully saturated rings. The van der Waals surface area contributed by atoms with Crippen molar-refractivity contribution < 1.29 is 38.1 Å². The van der Waals surface area contributed by atoms with E-state index in [9.17, 15) is 19.2 Å². The van der Waals surface area contributed by atoms with Crippen LogP contribution >= 0.6 is 11.6 Å². The van der Waals surface area contributed by atoms with Crippen LogP contribution in [0.2, 0.25) is 0 Å². The average molecular weight is 581 g/mol. The van der Waals surface area contributed by atoms with E-state index < -0.39 is 47.2 Å². The second-order valence-electron chi connectivity index (χ2n) is 10.5. The molecule has 0 saturated heterocycles. The lowest BCUT2D eigenvalue weighted by Crippen LogP contribution is -2.42. The fourth-order valence-electron chi connectivity index (χ4n) is 4.82. The summed E-state index contributed by atoms with van der Waals surface area (Å²) in [5.74, 6) is -3.11. The highest BCUT2D eigenvalue weighted by molar-refractivity contribution is 6.46. The van der Waals surface area contributed by atoms with Crippen molar-refractivity contribution in [2.75, 3.05) is 7.11 Å². The van der Waals surface area contributed by atoms with E-state index in [1.54, 1.807) is 50.3 Å². The number of allylic oxidation sites excluding steroid dienone is 4. The second kappa shape index (κ2) is 12.0. The zero-order chi connectivity index (χ0) is 30.1. The first-order valence-electron chi connectivity index (χ1n) is 13.5. The summed E-state index contributed by atoms with van der Waals surface area (Å²) in [5.41, 5.74) is -0.773. The van der Waals surface area contributed by atoms with Crippen LogP contribution in [0.15, 0.2) is 87.9 Å². The smallest absolute Gasteiger partial charge is 0.343 e. The number of benzene rings is 1. The lowest BCUT2D eigenvalue weighted by atomic mass is 9.74. The lowest BCUT2D eigenvalue weighted by Gasteiger charge is -2.33. The summed E-state index contributed by atoms with van der Waals surface area (Å²) in [6.07, 6.45) is 5.75.